The SMILES string of the molecule is [N-]=[N+]=NCCNC(=O)c1ccc(N)c(O)c1. The predicted molar refractivity (Wildman–Crippen MR) is 58.9 cm³/mol. The van der Waals surface area contributed by atoms with E-state index in [0.717, 1.165) is 0 Å². The van der Waals surface area contributed by atoms with Gasteiger partial charge in [-0.3, -0.25) is 4.79 Å². The number of aromatic hydroxyl groups is 1. The van der Waals surface area contributed by atoms with Gasteiger partial charge in [-0.05, 0) is 23.7 Å². The Morgan fingerprint density at radius 1 is 1.62 bits per heavy atom. The Labute approximate surface area is 91.5 Å². The molecule has 0 saturated heterocycles. The highest BCUT2D eigenvalue weighted by atomic mass is 16.3. The van der Waals surface area contributed by atoms with Crippen LogP contribution < -0.4 is 11.1 Å². The van der Waals surface area contributed by atoms with E-state index in [4.69, 9.17) is 11.3 Å². The van der Waals surface area contributed by atoms with Crippen LogP contribution in [0.1, 0.15) is 10.4 Å². The molecule has 0 radical (unpaired) electrons. The number of carbonyl (C=O) groups excluding carboxylic acids is 1. The van der Waals surface area contributed by atoms with Crippen molar-refractivity contribution in [2.24, 2.45) is 5.11 Å². The first kappa shape index (κ1) is 11.7. The summed E-state index contributed by atoms with van der Waals surface area (Å²) in [6.07, 6.45) is 0. The van der Waals surface area contributed by atoms with Crippen molar-refractivity contribution in [1.82, 2.24) is 5.32 Å². The number of rotatable bonds is 4. The van der Waals surface area contributed by atoms with Gasteiger partial charge in [0, 0.05) is 23.6 Å². The van der Waals surface area contributed by atoms with E-state index in [2.05, 4.69) is 15.3 Å². The predicted octanol–water partition coefficient (Wildman–Crippen LogP) is 1.01. The van der Waals surface area contributed by atoms with Gasteiger partial charge in [0.25, 0.3) is 5.91 Å². The lowest BCUT2D eigenvalue weighted by molar-refractivity contribution is 0.0954. The van der Waals surface area contributed by atoms with Crippen molar-refractivity contribution in [2.75, 3.05) is 18.8 Å². The van der Waals surface area contributed by atoms with Gasteiger partial charge >= 0.3 is 0 Å². The van der Waals surface area contributed by atoms with Crippen LogP contribution in [0.3, 0.4) is 0 Å². The van der Waals surface area contributed by atoms with E-state index in [1.807, 2.05) is 0 Å². The van der Waals surface area contributed by atoms with E-state index in [1.54, 1.807) is 0 Å². The molecule has 84 valence electrons. The second kappa shape index (κ2) is 5.47. The lowest BCUT2D eigenvalue weighted by Crippen LogP contribution is -2.25. The zero-order valence-corrected chi connectivity index (χ0v) is 8.42. The van der Waals surface area contributed by atoms with Crippen LogP contribution in [0.25, 0.3) is 10.4 Å². The summed E-state index contributed by atoms with van der Waals surface area (Å²) in [4.78, 5) is 14.0. The van der Waals surface area contributed by atoms with Crippen LogP contribution in [0.2, 0.25) is 0 Å². The van der Waals surface area contributed by atoms with Crippen molar-refractivity contribution in [1.29, 1.82) is 0 Å². The number of phenolic OH excluding ortho intramolecular Hbond substituents is 1. The molecule has 1 aromatic rings. The fraction of sp³-hybridized carbons (Fsp3) is 0.222. The average molecular weight is 221 g/mol. The summed E-state index contributed by atoms with van der Waals surface area (Å²) in [5.41, 5.74) is 13.9. The van der Waals surface area contributed by atoms with E-state index in [0.29, 0.717) is 5.56 Å². The number of azide groups is 1. The lowest BCUT2D eigenvalue weighted by Gasteiger charge is -2.04. The highest BCUT2D eigenvalue weighted by molar-refractivity contribution is 5.95. The van der Waals surface area contributed by atoms with Gasteiger partial charge in [0.05, 0.1) is 5.69 Å². The molecule has 0 saturated carbocycles. The zero-order chi connectivity index (χ0) is 12.0. The molecule has 4 N–H and O–H groups in total. The van der Waals surface area contributed by atoms with Crippen LogP contribution in [-0.2, 0) is 0 Å². The fourth-order valence-electron chi connectivity index (χ4n) is 1.05. The quantitative estimate of drug-likeness (QED) is 0.175. The second-order valence-electron chi connectivity index (χ2n) is 2.98. The van der Waals surface area contributed by atoms with Crippen molar-refractivity contribution in [3.8, 4) is 5.75 Å². The molecule has 0 spiro atoms. The third kappa shape index (κ3) is 3.07. The maximum absolute atomic E-state index is 11.5. The van der Waals surface area contributed by atoms with Crippen LogP contribution >= 0.6 is 0 Å². The number of hydrogen-bond donors (Lipinski definition) is 3. The van der Waals surface area contributed by atoms with Crippen molar-refractivity contribution in [3.05, 3.63) is 34.2 Å². The number of carbonyl (C=O) groups is 1. The third-order valence-corrected chi connectivity index (χ3v) is 1.85. The molecule has 7 heteroatoms. The van der Waals surface area contributed by atoms with E-state index in [-0.39, 0.29) is 30.4 Å². The summed E-state index contributed by atoms with van der Waals surface area (Å²) < 4.78 is 0. The van der Waals surface area contributed by atoms with Gasteiger partial charge in [0.1, 0.15) is 5.75 Å². The Hall–Kier alpha value is -2.40. The molecule has 1 aromatic carbocycles. The molecule has 0 aliphatic carbocycles. The van der Waals surface area contributed by atoms with Gasteiger partial charge in [-0.2, -0.15) is 0 Å². The Morgan fingerprint density at radius 3 is 3.00 bits per heavy atom. The number of nitrogens with two attached hydrogens (primary N) is 1. The minimum absolute atomic E-state index is 0.136. The standard InChI is InChI=1S/C9H11N5O2/c10-7-2-1-6(5-8(7)15)9(16)12-3-4-13-14-11/h1-2,5,15H,3-4,10H2,(H,12,16). The summed E-state index contributed by atoms with van der Waals surface area (Å²) >= 11 is 0. The molecule has 0 atom stereocenters. The average Bonchev–Trinajstić information content (AvgIpc) is 2.28. The number of hydrogen-bond acceptors (Lipinski definition) is 4. The maximum atomic E-state index is 11.5. The van der Waals surface area contributed by atoms with Gasteiger partial charge in [-0.15, -0.1) is 0 Å². The second-order valence-corrected chi connectivity index (χ2v) is 2.98. The van der Waals surface area contributed by atoms with Gasteiger partial charge in [-0.1, -0.05) is 5.11 Å². The highest BCUT2D eigenvalue weighted by Gasteiger charge is 2.06. The summed E-state index contributed by atoms with van der Waals surface area (Å²) in [5.74, 6) is -0.494. The smallest absolute Gasteiger partial charge is 0.251 e. The van der Waals surface area contributed by atoms with Crippen LogP contribution in [0.5, 0.6) is 5.75 Å². The fourth-order valence-corrected chi connectivity index (χ4v) is 1.05. The van der Waals surface area contributed by atoms with Crippen LogP contribution in [0, 0.1) is 0 Å². The van der Waals surface area contributed by atoms with Gasteiger partial charge < -0.3 is 16.2 Å². The maximum Gasteiger partial charge on any atom is 0.251 e. The minimum atomic E-state index is -0.358. The first-order valence-corrected chi connectivity index (χ1v) is 4.52. The third-order valence-electron chi connectivity index (χ3n) is 1.85. The molecule has 0 aromatic heterocycles. The molecule has 7 nitrogen and oxygen atoms in total. The van der Waals surface area contributed by atoms with Crippen molar-refractivity contribution in [3.63, 3.8) is 0 Å². The highest BCUT2D eigenvalue weighted by Crippen LogP contribution is 2.20. The topological polar surface area (TPSA) is 124 Å². The van der Waals surface area contributed by atoms with E-state index in [1.165, 1.54) is 18.2 Å². The van der Waals surface area contributed by atoms with Crippen LogP contribution in [0.4, 0.5) is 5.69 Å². The van der Waals surface area contributed by atoms with Crippen molar-refractivity contribution < 1.29 is 9.90 Å². The van der Waals surface area contributed by atoms with Gasteiger partial charge in [-0.25, -0.2) is 0 Å². The molecule has 0 aliphatic heterocycles. The molecule has 16 heavy (non-hydrogen) atoms. The first-order valence-electron chi connectivity index (χ1n) is 4.52. The number of nitrogens with one attached hydrogen (secondary N) is 1. The summed E-state index contributed by atoms with van der Waals surface area (Å²) in [6.45, 7) is 0.428. The molecule has 0 fully saturated rings. The number of nitrogens with zero attached hydrogens (tertiary/aromatic N) is 3. The molecule has 0 aliphatic rings. The summed E-state index contributed by atoms with van der Waals surface area (Å²) in [6, 6.07) is 4.22. The lowest BCUT2D eigenvalue weighted by atomic mass is 10.2. The number of nitrogen functional groups attached to an aromatic ring is 1. The van der Waals surface area contributed by atoms with Crippen LogP contribution in [-0.4, -0.2) is 24.1 Å². The molecular weight excluding hydrogens is 210 g/mol. The van der Waals surface area contributed by atoms with E-state index in [9.17, 15) is 9.90 Å². The molecule has 0 heterocycles. The van der Waals surface area contributed by atoms with Gasteiger partial charge in [0.2, 0.25) is 0 Å². The largest absolute Gasteiger partial charge is 0.506 e. The molecular formula is C9H11N5O2. The van der Waals surface area contributed by atoms with Crippen molar-refractivity contribution >= 4 is 11.6 Å². The summed E-state index contributed by atoms with van der Waals surface area (Å²) in [7, 11) is 0. The number of benzene rings is 1. The minimum Gasteiger partial charge on any atom is -0.506 e. The Morgan fingerprint density at radius 2 is 2.38 bits per heavy atom. The number of anilines is 1. The first-order chi connectivity index (χ1) is 7.65. The Bertz CT molecular complexity index is 440. The molecule has 0 bridgehead atoms. The Kier molecular flexibility index (Phi) is 3.99. The monoisotopic (exact) mass is 221 g/mol. The summed E-state index contributed by atoms with van der Waals surface area (Å²) in [5, 5.41) is 15.1. The van der Waals surface area contributed by atoms with Crippen molar-refractivity contribution in [2.45, 2.75) is 0 Å². The number of phenols is 1. The molecule has 1 amide bonds. The molecule has 1 rings (SSSR count). The Balaban J connectivity index is 2.59. The zero-order valence-electron chi connectivity index (χ0n) is 8.42. The van der Waals surface area contributed by atoms with E-state index < -0.39 is 0 Å². The normalized spacial score (nSPS) is 9.25. The van der Waals surface area contributed by atoms with Gasteiger partial charge in [0.15, 0.2) is 0 Å². The number of amides is 1. The van der Waals surface area contributed by atoms with E-state index >= 15 is 0 Å². The molecule has 0 unspecified atom stereocenters. The van der Waals surface area contributed by atoms with Crippen LogP contribution in [0.15, 0.2) is 23.3 Å².